The van der Waals surface area contributed by atoms with E-state index >= 15 is 0 Å². The fourth-order valence-electron chi connectivity index (χ4n) is 2.10. The molecule has 21 heavy (non-hydrogen) atoms. The number of ether oxygens (including phenoxy) is 1. The second-order valence-corrected chi connectivity index (χ2v) is 4.43. The number of hydrogen-bond acceptors (Lipinski definition) is 3. The zero-order valence-electron chi connectivity index (χ0n) is 11.9. The molecule has 2 aromatic rings. The molecule has 6 nitrogen and oxygen atoms in total. The third kappa shape index (κ3) is 3.05. The van der Waals surface area contributed by atoms with Crippen LogP contribution < -0.4 is 11.2 Å². The molecule has 0 radical (unpaired) electrons. The van der Waals surface area contributed by atoms with Gasteiger partial charge in [-0.15, -0.1) is 0 Å². The van der Waals surface area contributed by atoms with E-state index in [0.717, 1.165) is 5.56 Å². The van der Waals surface area contributed by atoms with Gasteiger partial charge in [0, 0.05) is 5.56 Å². The number of benzene rings is 1. The molecule has 1 heterocycles. The number of amides is 2. The minimum absolute atomic E-state index is 0.285. The third-order valence-corrected chi connectivity index (χ3v) is 3.03. The average molecular weight is 287 g/mol. The number of nitrogens with one attached hydrogen (secondary N) is 1. The molecule has 2 rings (SSSR count). The van der Waals surface area contributed by atoms with Crippen LogP contribution in [0.2, 0.25) is 0 Å². The van der Waals surface area contributed by atoms with Crippen LogP contribution in [0.15, 0.2) is 36.4 Å². The maximum absolute atomic E-state index is 12.0. The number of rotatable bonds is 4. The predicted molar refractivity (Wildman–Crippen MR) is 79.5 cm³/mol. The van der Waals surface area contributed by atoms with E-state index < -0.39 is 12.0 Å². The van der Waals surface area contributed by atoms with E-state index in [1.165, 1.54) is 4.68 Å². The fourth-order valence-corrected chi connectivity index (χ4v) is 2.10. The Morgan fingerprint density at radius 3 is 2.52 bits per heavy atom. The van der Waals surface area contributed by atoms with Crippen LogP contribution in [0.1, 0.15) is 23.0 Å². The molecule has 0 unspecified atom stereocenters. The number of primary amides is 1. The van der Waals surface area contributed by atoms with Gasteiger partial charge in [0.1, 0.15) is 0 Å². The Kier molecular flexibility index (Phi) is 4.27. The Hall–Kier alpha value is -2.76. The van der Waals surface area contributed by atoms with Gasteiger partial charge in [0.2, 0.25) is 0 Å². The number of urea groups is 1. The maximum atomic E-state index is 12.0. The molecule has 1 aromatic carbocycles. The second-order valence-electron chi connectivity index (χ2n) is 4.43. The van der Waals surface area contributed by atoms with Crippen molar-refractivity contribution in [2.24, 2.45) is 5.73 Å². The quantitative estimate of drug-likeness (QED) is 0.846. The third-order valence-electron chi connectivity index (χ3n) is 3.03. The first-order chi connectivity index (χ1) is 10.0. The van der Waals surface area contributed by atoms with Gasteiger partial charge in [-0.2, -0.15) is 0 Å². The number of nitrogens with zero attached hydrogens (tertiary/aromatic N) is 1. The smallest absolute Gasteiger partial charge is 0.340 e. The van der Waals surface area contributed by atoms with Gasteiger partial charge < -0.3 is 10.5 Å². The summed E-state index contributed by atoms with van der Waals surface area (Å²) < 4.78 is 6.51. The van der Waals surface area contributed by atoms with E-state index in [9.17, 15) is 9.59 Å². The lowest BCUT2D eigenvalue weighted by molar-refractivity contribution is 0.0525. The predicted octanol–water partition coefficient (Wildman–Crippen LogP) is 2.26. The van der Waals surface area contributed by atoms with Crippen molar-refractivity contribution in [3.63, 3.8) is 0 Å². The molecular formula is C15H17N3O3. The van der Waals surface area contributed by atoms with E-state index in [1.807, 2.05) is 30.3 Å². The van der Waals surface area contributed by atoms with Crippen LogP contribution in [0.25, 0.3) is 11.3 Å². The molecule has 0 atom stereocenters. The minimum Gasteiger partial charge on any atom is -0.462 e. The van der Waals surface area contributed by atoms with E-state index in [1.54, 1.807) is 19.9 Å². The normalized spacial score (nSPS) is 10.2. The van der Waals surface area contributed by atoms with Crippen molar-refractivity contribution in [1.82, 2.24) is 4.68 Å². The Morgan fingerprint density at radius 2 is 1.95 bits per heavy atom. The van der Waals surface area contributed by atoms with Crippen molar-refractivity contribution in [3.05, 3.63) is 47.7 Å². The summed E-state index contributed by atoms with van der Waals surface area (Å²) in [5.41, 5.74) is 10.2. The summed E-state index contributed by atoms with van der Waals surface area (Å²) in [4.78, 5) is 23.2. The summed E-state index contributed by atoms with van der Waals surface area (Å²) in [6, 6.07) is 10.4. The highest BCUT2D eigenvalue weighted by Crippen LogP contribution is 2.25. The fraction of sp³-hybridized carbons (Fsp3) is 0.200. The summed E-state index contributed by atoms with van der Waals surface area (Å²) in [5.74, 6) is -0.433. The molecule has 0 aliphatic carbocycles. The number of aromatic nitrogens is 1. The van der Waals surface area contributed by atoms with Crippen molar-refractivity contribution in [2.75, 3.05) is 12.0 Å². The zero-order valence-corrected chi connectivity index (χ0v) is 11.9. The highest BCUT2D eigenvalue weighted by Gasteiger charge is 2.20. The standard InChI is InChI=1S/C15H17N3O3/c1-3-21-14(19)12-9-13(11-7-5-4-6-8-11)18(10(12)2)17-15(16)20/h4-9H,3H2,1-2H3,(H3,16,17,20). The largest absolute Gasteiger partial charge is 0.462 e. The molecule has 110 valence electrons. The minimum atomic E-state index is -0.707. The first kappa shape index (κ1) is 14.6. The summed E-state index contributed by atoms with van der Waals surface area (Å²) in [6.45, 7) is 3.74. The molecule has 0 aliphatic rings. The molecule has 0 saturated heterocycles. The Labute approximate surface area is 122 Å². The summed E-state index contributed by atoms with van der Waals surface area (Å²) in [7, 11) is 0. The van der Waals surface area contributed by atoms with Crippen LogP contribution in [-0.2, 0) is 4.74 Å². The topological polar surface area (TPSA) is 86.3 Å². The molecule has 0 fully saturated rings. The van der Waals surface area contributed by atoms with Gasteiger partial charge in [0.05, 0.1) is 23.6 Å². The van der Waals surface area contributed by atoms with Crippen LogP contribution in [0, 0.1) is 6.92 Å². The molecule has 0 saturated carbocycles. The molecule has 0 aliphatic heterocycles. The van der Waals surface area contributed by atoms with Crippen molar-refractivity contribution in [1.29, 1.82) is 0 Å². The lowest BCUT2D eigenvalue weighted by atomic mass is 10.1. The van der Waals surface area contributed by atoms with Gasteiger partial charge in [-0.25, -0.2) is 15.0 Å². The van der Waals surface area contributed by atoms with Crippen molar-refractivity contribution in [3.8, 4) is 11.3 Å². The van der Waals surface area contributed by atoms with E-state index in [2.05, 4.69) is 5.43 Å². The van der Waals surface area contributed by atoms with Crippen LogP contribution in [0.3, 0.4) is 0 Å². The van der Waals surface area contributed by atoms with Gasteiger partial charge in [0.25, 0.3) is 0 Å². The Morgan fingerprint density at radius 1 is 1.29 bits per heavy atom. The summed E-state index contributed by atoms with van der Waals surface area (Å²) in [6.07, 6.45) is 0. The molecule has 2 amide bonds. The van der Waals surface area contributed by atoms with E-state index in [4.69, 9.17) is 10.5 Å². The van der Waals surface area contributed by atoms with Crippen molar-refractivity contribution in [2.45, 2.75) is 13.8 Å². The second kappa shape index (κ2) is 6.13. The first-order valence-corrected chi connectivity index (χ1v) is 6.56. The number of nitrogens with two attached hydrogens (primary N) is 1. The van der Waals surface area contributed by atoms with Crippen LogP contribution in [0.4, 0.5) is 4.79 Å². The number of carbonyl (C=O) groups excluding carboxylic acids is 2. The molecule has 0 spiro atoms. The van der Waals surface area contributed by atoms with Gasteiger partial charge in [-0.3, -0.25) is 4.68 Å². The Bertz CT molecular complexity index is 662. The highest BCUT2D eigenvalue weighted by molar-refractivity contribution is 5.93. The van der Waals surface area contributed by atoms with Crippen molar-refractivity contribution < 1.29 is 14.3 Å². The van der Waals surface area contributed by atoms with Gasteiger partial charge >= 0.3 is 12.0 Å². The van der Waals surface area contributed by atoms with Crippen LogP contribution >= 0.6 is 0 Å². The molecule has 1 aromatic heterocycles. The lowest BCUT2D eigenvalue weighted by Gasteiger charge is -2.11. The van der Waals surface area contributed by atoms with Crippen LogP contribution in [0.5, 0.6) is 0 Å². The SMILES string of the molecule is CCOC(=O)c1cc(-c2ccccc2)n(NC(N)=O)c1C. The van der Waals surface area contributed by atoms with Crippen LogP contribution in [-0.4, -0.2) is 23.3 Å². The molecule has 0 bridgehead atoms. The number of carbonyl (C=O) groups is 2. The van der Waals surface area contributed by atoms with Gasteiger partial charge in [-0.1, -0.05) is 30.3 Å². The highest BCUT2D eigenvalue weighted by atomic mass is 16.5. The van der Waals surface area contributed by atoms with E-state index in [0.29, 0.717) is 17.0 Å². The molecule has 6 heteroatoms. The summed E-state index contributed by atoms with van der Waals surface area (Å²) in [5, 5.41) is 0. The van der Waals surface area contributed by atoms with Crippen molar-refractivity contribution >= 4 is 12.0 Å². The van der Waals surface area contributed by atoms with Gasteiger partial charge in [-0.05, 0) is 19.9 Å². The zero-order chi connectivity index (χ0) is 15.4. The van der Waals surface area contributed by atoms with Gasteiger partial charge in [0.15, 0.2) is 0 Å². The monoisotopic (exact) mass is 287 g/mol. The van der Waals surface area contributed by atoms with E-state index in [-0.39, 0.29) is 6.61 Å². The first-order valence-electron chi connectivity index (χ1n) is 6.56. The summed E-state index contributed by atoms with van der Waals surface area (Å²) >= 11 is 0. The number of esters is 1. The number of hydrogen-bond donors (Lipinski definition) is 2. The average Bonchev–Trinajstić information content (AvgIpc) is 2.77. The molecular weight excluding hydrogens is 270 g/mol. The Balaban J connectivity index is 2.55. The maximum Gasteiger partial charge on any atom is 0.340 e. The molecule has 3 N–H and O–H groups in total. The lowest BCUT2D eigenvalue weighted by Crippen LogP contribution is -2.29.